The molecule has 1 fully saturated rings. The highest BCUT2D eigenvalue weighted by Gasteiger charge is 2.43. The van der Waals surface area contributed by atoms with Crippen molar-refractivity contribution in [1.82, 2.24) is 4.57 Å². The van der Waals surface area contributed by atoms with Crippen LogP contribution in [0.1, 0.15) is 112 Å². The monoisotopic (exact) mass is 811 g/mol. The highest BCUT2D eigenvalue weighted by Crippen LogP contribution is 2.46. The van der Waals surface area contributed by atoms with Gasteiger partial charge in [-0.2, -0.15) is 0 Å². The summed E-state index contributed by atoms with van der Waals surface area (Å²) in [4.78, 5) is 39.0. The van der Waals surface area contributed by atoms with Gasteiger partial charge in [0.2, 0.25) is 0 Å². The summed E-state index contributed by atoms with van der Waals surface area (Å²) in [6.07, 6.45) is 9.05. The number of cyclic esters (lactones) is 1. The molecular formula is C49H62FNO8. The van der Waals surface area contributed by atoms with Crippen LogP contribution in [0.2, 0.25) is 0 Å². The van der Waals surface area contributed by atoms with E-state index < -0.39 is 41.8 Å². The van der Waals surface area contributed by atoms with Gasteiger partial charge in [0.1, 0.15) is 24.1 Å². The molecule has 2 aromatic carbocycles. The summed E-state index contributed by atoms with van der Waals surface area (Å²) in [7, 11) is 0. The highest BCUT2D eigenvalue weighted by molar-refractivity contribution is 6.01. The third-order valence-corrected chi connectivity index (χ3v) is 12.6. The number of benzene rings is 2. The third kappa shape index (κ3) is 10.4. The van der Waals surface area contributed by atoms with Gasteiger partial charge in [-0.25, -0.2) is 4.39 Å². The van der Waals surface area contributed by atoms with E-state index in [1.54, 1.807) is 18.2 Å². The molecule has 0 radical (unpaired) electrons. The maximum Gasteiger partial charge on any atom is 0.311 e. The van der Waals surface area contributed by atoms with Crippen LogP contribution in [-0.2, 0) is 28.6 Å². The third-order valence-electron chi connectivity index (χ3n) is 12.6. The van der Waals surface area contributed by atoms with E-state index in [0.717, 1.165) is 40.6 Å². The van der Waals surface area contributed by atoms with Gasteiger partial charge in [-0.05, 0) is 107 Å². The molecule has 0 unspecified atom stereocenters. The van der Waals surface area contributed by atoms with Gasteiger partial charge in [-0.3, -0.25) is 14.4 Å². The van der Waals surface area contributed by atoms with Crippen molar-refractivity contribution in [3.63, 3.8) is 0 Å². The maximum absolute atomic E-state index is 13.9. The maximum atomic E-state index is 13.9. The number of aliphatic hydroxyl groups is 2. The number of ether oxygens (including phenoxy) is 3. The van der Waals surface area contributed by atoms with Crippen molar-refractivity contribution in [3.05, 3.63) is 89.9 Å². The lowest BCUT2D eigenvalue weighted by Crippen LogP contribution is -2.43. The van der Waals surface area contributed by atoms with Crippen LogP contribution >= 0.6 is 0 Å². The number of aliphatic hydroxyl groups excluding tert-OH is 2. The quantitative estimate of drug-likeness (QED) is 0.115. The van der Waals surface area contributed by atoms with E-state index in [1.807, 2.05) is 51.1 Å². The fourth-order valence-corrected chi connectivity index (χ4v) is 9.14. The number of allylic oxidation sites excluding steroid dienone is 3. The minimum atomic E-state index is -1.19. The molecule has 2 N–H and O–H groups in total. The topological polar surface area (TPSA) is 124 Å². The fraction of sp³-hybridized carbons (Fsp3) is 0.531. The first-order valence-corrected chi connectivity index (χ1v) is 21.5. The summed E-state index contributed by atoms with van der Waals surface area (Å²) in [6, 6.07) is 14.4. The summed E-state index contributed by atoms with van der Waals surface area (Å²) in [5.74, 6) is -0.877. The van der Waals surface area contributed by atoms with Gasteiger partial charge >= 0.3 is 17.9 Å². The van der Waals surface area contributed by atoms with Gasteiger partial charge in [-0.1, -0.05) is 75.4 Å². The second kappa shape index (κ2) is 18.8. The molecule has 0 amide bonds. The van der Waals surface area contributed by atoms with E-state index >= 15 is 0 Å². The van der Waals surface area contributed by atoms with Crippen LogP contribution in [0.15, 0.2) is 78.4 Å². The van der Waals surface area contributed by atoms with Crippen LogP contribution in [0.3, 0.4) is 0 Å². The molecule has 2 heterocycles. The molecule has 9 nitrogen and oxygen atoms in total. The molecule has 3 aromatic rings. The zero-order chi connectivity index (χ0) is 42.6. The number of rotatable bonds is 15. The van der Waals surface area contributed by atoms with Crippen molar-refractivity contribution in [2.24, 2.45) is 29.1 Å². The Morgan fingerprint density at radius 2 is 1.76 bits per heavy atom. The van der Waals surface area contributed by atoms with E-state index in [1.165, 1.54) is 17.7 Å². The molecule has 6 rings (SSSR count). The van der Waals surface area contributed by atoms with Gasteiger partial charge in [0.15, 0.2) is 0 Å². The van der Waals surface area contributed by atoms with E-state index in [0.29, 0.717) is 19.3 Å². The molecule has 3 aliphatic rings. The lowest BCUT2D eigenvalue weighted by Gasteiger charge is -2.44. The number of carbonyl (C=O) groups excluding carboxylic acids is 3. The van der Waals surface area contributed by atoms with Gasteiger partial charge < -0.3 is 29.0 Å². The fourth-order valence-electron chi connectivity index (χ4n) is 9.14. The minimum absolute atomic E-state index is 0.0413. The zero-order valence-corrected chi connectivity index (χ0v) is 35.6. The van der Waals surface area contributed by atoms with Crippen LogP contribution in [0, 0.1) is 34.9 Å². The molecule has 0 saturated carbocycles. The van der Waals surface area contributed by atoms with Crippen LogP contribution in [0.4, 0.5) is 4.39 Å². The molecule has 1 aliphatic heterocycles. The molecule has 318 valence electrons. The Hall–Kier alpha value is -4.54. The molecule has 10 heteroatoms. The molecule has 9 atom stereocenters. The minimum Gasteiger partial charge on any atom is -0.462 e. The van der Waals surface area contributed by atoms with Crippen molar-refractivity contribution in [2.75, 3.05) is 0 Å². The lowest BCUT2D eigenvalue weighted by atomic mass is 9.65. The number of para-hydroxylation sites is 1. The first-order valence-electron chi connectivity index (χ1n) is 21.5. The number of halogens is 1. The second-order valence-electron chi connectivity index (χ2n) is 18.0. The van der Waals surface area contributed by atoms with Crippen molar-refractivity contribution >= 4 is 34.9 Å². The normalized spacial score (nSPS) is 25.7. The molecule has 0 bridgehead atoms. The number of fused-ring (bicyclic) bond motifs is 2. The Kier molecular flexibility index (Phi) is 14.0. The Morgan fingerprint density at radius 3 is 2.47 bits per heavy atom. The van der Waals surface area contributed by atoms with Crippen molar-refractivity contribution in [3.8, 4) is 11.1 Å². The van der Waals surface area contributed by atoms with E-state index in [9.17, 15) is 29.0 Å². The molecule has 1 saturated heterocycles. The summed E-state index contributed by atoms with van der Waals surface area (Å²) >= 11 is 0. The van der Waals surface area contributed by atoms with Crippen molar-refractivity contribution < 1.29 is 43.2 Å². The predicted octanol–water partition coefficient (Wildman–Crippen LogP) is 9.69. The summed E-state index contributed by atoms with van der Waals surface area (Å²) in [5, 5.41) is 22.9. The van der Waals surface area contributed by atoms with Crippen LogP contribution in [0.25, 0.3) is 28.1 Å². The number of hydrogen-bond acceptors (Lipinski definition) is 8. The average molecular weight is 812 g/mol. The smallest absolute Gasteiger partial charge is 0.311 e. The molecule has 2 aliphatic carbocycles. The van der Waals surface area contributed by atoms with Crippen LogP contribution in [-0.4, -0.2) is 63.2 Å². The zero-order valence-electron chi connectivity index (χ0n) is 35.6. The van der Waals surface area contributed by atoms with Crippen molar-refractivity contribution in [2.45, 2.75) is 136 Å². The standard InChI is InChI=1S/C49H62FNO8/c1-8-49(6,7)48(56)59-43-24-30(4)23-33-14-13-31(5)39(47(33)43)21-20-37-27-38(28-45(55)57-37)58-44(54)26-36(53)25-35(52)19-22-42-46(32-15-17-34(50)18-16-32)40-11-9-10-12-41(40)51(42)29(2)3/h9-19,22-23,29-31,35-39,43,47,52-53H,8,20-21,24-28H2,1-7H3/t30-,31-,35+,36+,37-,38+,39-,43-,47-/m1/s1. The van der Waals surface area contributed by atoms with Gasteiger partial charge in [0, 0.05) is 47.0 Å². The number of aromatic nitrogens is 1. The molecular weight excluding hydrogens is 750 g/mol. The first-order chi connectivity index (χ1) is 28.0. The SMILES string of the molecule is CCC(C)(C)C(=O)O[C@@H]1C[C@H](C)C=C2C=C[C@@H](C)[C@@H](CC[C@@H]3C[C@H](OC(=O)C[C@@H](O)C[C@@H](O)C=Cc4c(-c5ccc(F)cc5)c5ccccc5n4C(C)C)CC(=O)O3)[C@@H]21. The summed E-state index contributed by atoms with van der Waals surface area (Å²) in [5.41, 5.74) is 4.20. The Morgan fingerprint density at radius 1 is 1.03 bits per heavy atom. The van der Waals surface area contributed by atoms with E-state index in [4.69, 9.17) is 14.2 Å². The molecule has 59 heavy (non-hydrogen) atoms. The van der Waals surface area contributed by atoms with Crippen LogP contribution < -0.4 is 0 Å². The predicted molar refractivity (Wildman–Crippen MR) is 227 cm³/mol. The van der Waals surface area contributed by atoms with E-state index in [2.05, 4.69) is 50.5 Å². The van der Waals surface area contributed by atoms with E-state index in [-0.39, 0.29) is 66.9 Å². The molecule has 1 aromatic heterocycles. The lowest BCUT2D eigenvalue weighted by molar-refractivity contribution is -0.171. The largest absolute Gasteiger partial charge is 0.462 e. The Labute approximate surface area is 348 Å². The number of carbonyl (C=O) groups is 3. The highest BCUT2D eigenvalue weighted by atomic mass is 19.1. The average Bonchev–Trinajstić information content (AvgIpc) is 3.51. The van der Waals surface area contributed by atoms with Crippen molar-refractivity contribution in [1.29, 1.82) is 0 Å². The first kappa shape index (κ1) is 44.0. The summed E-state index contributed by atoms with van der Waals surface area (Å²) in [6.45, 7) is 14.3. The number of esters is 3. The van der Waals surface area contributed by atoms with Gasteiger partial charge in [0.05, 0.1) is 30.5 Å². The molecule has 0 spiro atoms. The number of nitrogens with zero attached hydrogens (tertiary/aromatic N) is 1. The Balaban J connectivity index is 1.05. The Bertz CT molecular complexity index is 2060. The van der Waals surface area contributed by atoms with Crippen LogP contribution in [0.5, 0.6) is 0 Å². The summed E-state index contributed by atoms with van der Waals surface area (Å²) < 4.78 is 33.8. The van der Waals surface area contributed by atoms with Gasteiger partial charge in [-0.15, -0.1) is 0 Å². The number of hydrogen-bond donors (Lipinski definition) is 2. The second-order valence-corrected chi connectivity index (χ2v) is 18.0. The van der Waals surface area contributed by atoms with Gasteiger partial charge in [0.25, 0.3) is 0 Å².